The summed E-state index contributed by atoms with van der Waals surface area (Å²) in [5.74, 6) is 0. The maximum Gasteiger partial charge on any atom is 0.0810 e. The molecule has 2 nitrogen and oxygen atoms in total. The Morgan fingerprint density at radius 1 is 1.10 bits per heavy atom. The van der Waals surface area contributed by atoms with Gasteiger partial charge in [-0.1, -0.05) is 43.0 Å². The van der Waals surface area contributed by atoms with Crippen LogP contribution in [0, 0.1) is 0 Å². The second kappa shape index (κ2) is 6.46. The third-order valence-electron chi connectivity index (χ3n) is 4.51. The maximum absolute atomic E-state index is 6.37. The maximum atomic E-state index is 6.37. The average Bonchev–Trinajstić information content (AvgIpc) is 3.30. The lowest BCUT2D eigenvalue weighted by atomic mass is 9.84. The summed E-state index contributed by atoms with van der Waals surface area (Å²) in [6.07, 6.45) is 9.02. The van der Waals surface area contributed by atoms with Gasteiger partial charge in [-0.3, -0.25) is 0 Å². The predicted molar refractivity (Wildman–Crippen MR) is 83.1 cm³/mol. The highest BCUT2D eigenvalue weighted by atomic mass is 35.5. The fraction of sp³-hybridized carbons (Fsp3) is 0.647. The van der Waals surface area contributed by atoms with Crippen molar-refractivity contribution in [1.29, 1.82) is 0 Å². The fourth-order valence-electron chi connectivity index (χ4n) is 3.00. The molecule has 2 aliphatic carbocycles. The van der Waals surface area contributed by atoms with E-state index in [1.54, 1.807) is 0 Å². The molecule has 0 aliphatic heterocycles. The van der Waals surface area contributed by atoms with Crippen LogP contribution in [0.2, 0.25) is 5.02 Å². The predicted octanol–water partition coefficient (Wildman–Crippen LogP) is 4.31. The van der Waals surface area contributed by atoms with E-state index in [2.05, 4.69) is 17.4 Å². The van der Waals surface area contributed by atoms with Crippen LogP contribution < -0.4 is 5.32 Å². The van der Waals surface area contributed by atoms with E-state index in [0.717, 1.165) is 17.6 Å². The van der Waals surface area contributed by atoms with Crippen molar-refractivity contribution in [2.24, 2.45) is 0 Å². The molecule has 2 aliphatic rings. The number of hydrogen-bond donors (Lipinski definition) is 1. The molecule has 0 radical (unpaired) electrons. The molecule has 1 aromatic rings. The minimum absolute atomic E-state index is 0.0560. The number of halogens is 1. The van der Waals surface area contributed by atoms with Crippen molar-refractivity contribution in [3.05, 3.63) is 34.9 Å². The number of benzene rings is 1. The van der Waals surface area contributed by atoms with Crippen LogP contribution in [0.15, 0.2) is 24.3 Å². The summed E-state index contributed by atoms with van der Waals surface area (Å²) in [6, 6.07) is 8.76. The summed E-state index contributed by atoms with van der Waals surface area (Å²) < 4.78 is 6.37. The second-order valence-corrected chi connectivity index (χ2v) is 6.75. The van der Waals surface area contributed by atoms with Gasteiger partial charge in [-0.2, -0.15) is 0 Å². The summed E-state index contributed by atoms with van der Waals surface area (Å²) in [4.78, 5) is 0. The normalized spacial score (nSPS) is 21.9. The molecule has 1 N–H and O–H groups in total. The van der Waals surface area contributed by atoms with Crippen LogP contribution in [-0.4, -0.2) is 18.2 Å². The molecule has 0 unspecified atom stereocenters. The molecule has 1 aromatic carbocycles. The van der Waals surface area contributed by atoms with E-state index < -0.39 is 0 Å². The van der Waals surface area contributed by atoms with Crippen molar-refractivity contribution in [3.8, 4) is 0 Å². The first kappa shape index (κ1) is 14.4. The van der Waals surface area contributed by atoms with Gasteiger partial charge >= 0.3 is 0 Å². The van der Waals surface area contributed by atoms with Crippen LogP contribution in [0.3, 0.4) is 0 Å². The largest absolute Gasteiger partial charge is 0.369 e. The van der Waals surface area contributed by atoms with Crippen molar-refractivity contribution >= 4 is 11.6 Å². The van der Waals surface area contributed by atoms with E-state index in [1.807, 2.05) is 12.1 Å². The molecular formula is C17H24ClNO. The van der Waals surface area contributed by atoms with Crippen LogP contribution in [0.5, 0.6) is 0 Å². The summed E-state index contributed by atoms with van der Waals surface area (Å²) >= 11 is 5.93. The second-order valence-electron chi connectivity index (χ2n) is 6.31. The molecule has 20 heavy (non-hydrogen) atoms. The van der Waals surface area contributed by atoms with E-state index in [-0.39, 0.29) is 5.60 Å². The third kappa shape index (κ3) is 3.97. The summed E-state index contributed by atoms with van der Waals surface area (Å²) in [5.41, 5.74) is 1.27. The van der Waals surface area contributed by atoms with Crippen LogP contribution in [0.1, 0.15) is 50.5 Å². The Labute approximate surface area is 126 Å². The summed E-state index contributed by atoms with van der Waals surface area (Å²) in [5, 5.41) is 4.45. The van der Waals surface area contributed by atoms with Gasteiger partial charge in [0.1, 0.15) is 0 Å². The first-order valence-electron chi connectivity index (χ1n) is 7.88. The van der Waals surface area contributed by atoms with Gasteiger partial charge in [0.05, 0.1) is 12.2 Å². The Bertz CT molecular complexity index is 421. The fourth-order valence-corrected chi connectivity index (χ4v) is 3.13. The average molecular weight is 294 g/mol. The Hall–Kier alpha value is -0.570. The molecule has 0 saturated heterocycles. The lowest BCUT2D eigenvalue weighted by Crippen LogP contribution is -2.45. The zero-order chi connectivity index (χ0) is 13.8. The Morgan fingerprint density at radius 3 is 2.45 bits per heavy atom. The van der Waals surface area contributed by atoms with Crippen molar-refractivity contribution < 1.29 is 4.74 Å². The van der Waals surface area contributed by atoms with Gasteiger partial charge < -0.3 is 10.1 Å². The van der Waals surface area contributed by atoms with E-state index in [0.29, 0.717) is 6.61 Å². The lowest BCUT2D eigenvalue weighted by molar-refractivity contribution is -0.0787. The highest BCUT2D eigenvalue weighted by Gasteiger charge is 2.34. The van der Waals surface area contributed by atoms with Gasteiger partial charge in [0.25, 0.3) is 0 Å². The zero-order valence-corrected chi connectivity index (χ0v) is 12.8. The van der Waals surface area contributed by atoms with Gasteiger partial charge in [-0.25, -0.2) is 0 Å². The van der Waals surface area contributed by atoms with Crippen molar-refractivity contribution in [3.63, 3.8) is 0 Å². The molecule has 110 valence electrons. The van der Waals surface area contributed by atoms with E-state index in [1.165, 1.54) is 50.5 Å². The molecular weight excluding hydrogens is 270 g/mol. The minimum atomic E-state index is 0.0560. The highest BCUT2D eigenvalue weighted by molar-refractivity contribution is 6.30. The van der Waals surface area contributed by atoms with Crippen LogP contribution in [0.25, 0.3) is 0 Å². The van der Waals surface area contributed by atoms with Crippen LogP contribution in [-0.2, 0) is 11.3 Å². The molecule has 3 rings (SSSR count). The smallest absolute Gasteiger partial charge is 0.0810 e. The van der Waals surface area contributed by atoms with Gasteiger partial charge in [-0.05, 0) is 43.4 Å². The molecule has 0 heterocycles. The first-order valence-corrected chi connectivity index (χ1v) is 8.25. The molecule has 0 aromatic heterocycles. The van der Waals surface area contributed by atoms with Crippen molar-refractivity contribution in [1.82, 2.24) is 5.32 Å². The topological polar surface area (TPSA) is 21.3 Å². The third-order valence-corrected chi connectivity index (χ3v) is 4.77. The van der Waals surface area contributed by atoms with Crippen molar-refractivity contribution in [2.75, 3.05) is 6.54 Å². The molecule has 3 heteroatoms. The number of rotatable bonds is 6. The van der Waals surface area contributed by atoms with Gasteiger partial charge in [0.2, 0.25) is 0 Å². The van der Waals surface area contributed by atoms with Gasteiger partial charge in [0.15, 0.2) is 0 Å². The van der Waals surface area contributed by atoms with Gasteiger partial charge in [-0.15, -0.1) is 0 Å². The molecule has 0 atom stereocenters. The van der Waals surface area contributed by atoms with Crippen LogP contribution in [0.4, 0.5) is 0 Å². The van der Waals surface area contributed by atoms with E-state index >= 15 is 0 Å². The standard InChI is InChI=1S/C17H24ClNO/c18-15-6-4-14(5-7-15)12-20-17(10-2-1-3-11-17)13-19-16-8-9-16/h4-7,16,19H,1-3,8-13H2. The molecule has 0 amide bonds. The molecule has 0 spiro atoms. The Morgan fingerprint density at radius 2 is 1.80 bits per heavy atom. The van der Waals surface area contributed by atoms with Gasteiger partial charge in [0, 0.05) is 17.6 Å². The Balaban J connectivity index is 1.58. The highest BCUT2D eigenvalue weighted by Crippen LogP contribution is 2.33. The zero-order valence-electron chi connectivity index (χ0n) is 12.0. The molecule has 0 bridgehead atoms. The lowest BCUT2D eigenvalue weighted by Gasteiger charge is -2.37. The van der Waals surface area contributed by atoms with E-state index in [4.69, 9.17) is 16.3 Å². The number of hydrogen-bond acceptors (Lipinski definition) is 2. The molecule has 2 fully saturated rings. The first-order chi connectivity index (χ1) is 9.76. The minimum Gasteiger partial charge on any atom is -0.369 e. The molecule has 2 saturated carbocycles. The summed E-state index contributed by atoms with van der Waals surface area (Å²) in [6.45, 7) is 1.72. The number of nitrogens with one attached hydrogen (secondary N) is 1. The summed E-state index contributed by atoms with van der Waals surface area (Å²) in [7, 11) is 0. The van der Waals surface area contributed by atoms with Crippen LogP contribution >= 0.6 is 11.6 Å². The van der Waals surface area contributed by atoms with E-state index in [9.17, 15) is 0 Å². The SMILES string of the molecule is Clc1ccc(COC2(CNC3CC3)CCCCC2)cc1. The Kier molecular flexibility index (Phi) is 4.65. The number of ether oxygens (including phenoxy) is 1. The quantitative estimate of drug-likeness (QED) is 0.844. The van der Waals surface area contributed by atoms with Crippen molar-refractivity contribution in [2.45, 2.75) is 63.2 Å². The monoisotopic (exact) mass is 293 g/mol.